The smallest absolute Gasteiger partial charge is 0.305 e. The molecule has 1 aromatic rings. The maximum atomic E-state index is 11.2. The Balaban J connectivity index is 1.81. The van der Waals surface area contributed by atoms with E-state index in [0.717, 1.165) is 0 Å². The lowest BCUT2D eigenvalue weighted by Crippen LogP contribution is -2.19. The van der Waals surface area contributed by atoms with Gasteiger partial charge in [0.25, 0.3) is 0 Å². The standard InChI is InChI=1S/C16H19N3O5S/c1-2-23-15(22)4-3-7-24-12-6-5-11(13(20)8-12)9-17-19-16-18-14(21)10-25-16/h5-6,8-9,20H,2-4,7,10H2,1H3,(H,18,19,21). The molecule has 1 fully saturated rings. The average molecular weight is 365 g/mol. The van der Waals surface area contributed by atoms with Crippen molar-refractivity contribution < 1.29 is 24.2 Å². The Labute approximate surface area is 149 Å². The molecule has 0 bridgehead atoms. The first-order valence-corrected chi connectivity index (χ1v) is 8.72. The fourth-order valence-electron chi connectivity index (χ4n) is 1.88. The van der Waals surface area contributed by atoms with Gasteiger partial charge in [-0.3, -0.25) is 9.59 Å². The number of carbonyl (C=O) groups is 2. The maximum Gasteiger partial charge on any atom is 0.305 e. The Bertz CT molecular complexity index is 690. The van der Waals surface area contributed by atoms with Gasteiger partial charge in [-0.05, 0) is 25.5 Å². The second kappa shape index (κ2) is 9.67. The van der Waals surface area contributed by atoms with Crippen molar-refractivity contribution in [1.29, 1.82) is 0 Å². The molecule has 0 aliphatic carbocycles. The molecular weight excluding hydrogens is 346 g/mol. The van der Waals surface area contributed by atoms with Gasteiger partial charge in [0.1, 0.15) is 11.5 Å². The van der Waals surface area contributed by atoms with Crippen LogP contribution in [-0.4, -0.2) is 47.3 Å². The number of aromatic hydroxyl groups is 1. The molecule has 0 spiro atoms. The summed E-state index contributed by atoms with van der Waals surface area (Å²) in [4.78, 5) is 22.2. The van der Waals surface area contributed by atoms with Crippen molar-refractivity contribution in [3.8, 4) is 11.5 Å². The van der Waals surface area contributed by atoms with E-state index in [1.54, 1.807) is 19.1 Å². The summed E-state index contributed by atoms with van der Waals surface area (Å²) in [6.07, 6.45) is 2.21. The first-order chi connectivity index (χ1) is 12.1. The normalized spacial score (nSPS) is 15.6. The van der Waals surface area contributed by atoms with Crippen LogP contribution in [0.5, 0.6) is 11.5 Å². The number of amidine groups is 1. The Morgan fingerprint density at radius 3 is 3.00 bits per heavy atom. The van der Waals surface area contributed by atoms with E-state index in [1.165, 1.54) is 24.0 Å². The number of esters is 1. The topological polar surface area (TPSA) is 110 Å². The number of nitrogens with one attached hydrogen (secondary N) is 1. The summed E-state index contributed by atoms with van der Waals surface area (Å²) in [5.41, 5.74) is 0.470. The number of benzene rings is 1. The zero-order valence-corrected chi connectivity index (χ0v) is 14.5. The minimum absolute atomic E-state index is 0.00467. The number of phenolic OH excluding ortho intramolecular Hbond substituents is 1. The van der Waals surface area contributed by atoms with Crippen molar-refractivity contribution in [2.24, 2.45) is 10.2 Å². The number of nitrogens with zero attached hydrogens (tertiary/aromatic N) is 2. The summed E-state index contributed by atoms with van der Waals surface area (Å²) in [6, 6.07) is 4.79. The van der Waals surface area contributed by atoms with Gasteiger partial charge in [0.2, 0.25) is 5.91 Å². The first kappa shape index (κ1) is 18.8. The van der Waals surface area contributed by atoms with Crippen molar-refractivity contribution in [3.63, 3.8) is 0 Å². The molecular formula is C16H19N3O5S. The Morgan fingerprint density at radius 2 is 2.32 bits per heavy atom. The summed E-state index contributed by atoms with van der Waals surface area (Å²) in [5, 5.41) is 20.6. The molecule has 0 unspecified atom stereocenters. The van der Waals surface area contributed by atoms with Crippen LogP contribution in [0.3, 0.4) is 0 Å². The maximum absolute atomic E-state index is 11.2. The number of rotatable bonds is 8. The number of ether oxygens (including phenoxy) is 2. The van der Waals surface area contributed by atoms with E-state index in [2.05, 4.69) is 15.5 Å². The summed E-state index contributed by atoms with van der Waals surface area (Å²) in [5.74, 6) is 0.463. The first-order valence-electron chi connectivity index (χ1n) is 7.73. The number of hydrogen-bond donors (Lipinski definition) is 2. The third kappa shape index (κ3) is 6.46. The second-order valence-electron chi connectivity index (χ2n) is 4.96. The fourth-order valence-corrected chi connectivity index (χ4v) is 2.52. The van der Waals surface area contributed by atoms with Gasteiger partial charge in [0.15, 0.2) is 5.17 Å². The van der Waals surface area contributed by atoms with Gasteiger partial charge in [0, 0.05) is 18.1 Å². The lowest BCUT2D eigenvalue weighted by Gasteiger charge is -2.07. The number of carbonyl (C=O) groups excluding carboxylic acids is 2. The summed E-state index contributed by atoms with van der Waals surface area (Å²) >= 11 is 1.27. The Morgan fingerprint density at radius 1 is 1.48 bits per heavy atom. The van der Waals surface area contributed by atoms with Crippen LogP contribution in [-0.2, 0) is 14.3 Å². The molecule has 9 heteroatoms. The van der Waals surface area contributed by atoms with E-state index >= 15 is 0 Å². The molecule has 0 atom stereocenters. The highest BCUT2D eigenvalue weighted by molar-refractivity contribution is 8.15. The molecule has 0 saturated carbocycles. The molecule has 0 aromatic heterocycles. The van der Waals surface area contributed by atoms with Crippen molar-refractivity contribution in [2.45, 2.75) is 19.8 Å². The highest BCUT2D eigenvalue weighted by Gasteiger charge is 2.15. The molecule has 1 aliphatic rings. The van der Waals surface area contributed by atoms with Crippen molar-refractivity contribution in [1.82, 2.24) is 5.32 Å². The van der Waals surface area contributed by atoms with Gasteiger partial charge in [-0.25, -0.2) is 0 Å². The van der Waals surface area contributed by atoms with Gasteiger partial charge >= 0.3 is 5.97 Å². The molecule has 8 nitrogen and oxygen atoms in total. The highest BCUT2D eigenvalue weighted by Crippen LogP contribution is 2.22. The van der Waals surface area contributed by atoms with Crippen LogP contribution in [0.1, 0.15) is 25.3 Å². The summed E-state index contributed by atoms with van der Waals surface area (Å²) in [6.45, 7) is 2.47. The molecule has 0 radical (unpaired) electrons. The third-order valence-corrected chi connectivity index (χ3v) is 3.90. The number of hydrogen-bond acceptors (Lipinski definition) is 8. The van der Waals surface area contributed by atoms with E-state index in [0.29, 0.717) is 48.3 Å². The van der Waals surface area contributed by atoms with E-state index in [1.807, 2.05) is 0 Å². The van der Waals surface area contributed by atoms with Crippen LogP contribution in [0, 0.1) is 0 Å². The van der Waals surface area contributed by atoms with Crippen molar-refractivity contribution in [3.05, 3.63) is 23.8 Å². The van der Waals surface area contributed by atoms with Crippen LogP contribution >= 0.6 is 11.8 Å². The lowest BCUT2D eigenvalue weighted by atomic mass is 10.2. The van der Waals surface area contributed by atoms with Crippen LogP contribution in [0.2, 0.25) is 0 Å². The van der Waals surface area contributed by atoms with Gasteiger partial charge in [0.05, 0.1) is 25.2 Å². The zero-order chi connectivity index (χ0) is 18.1. The lowest BCUT2D eigenvalue weighted by molar-refractivity contribution is -0.143. The van der Waals surface area contributed by atoms with Crippen LogP contribution in [0.25, 0.3) is 0 Å². The molecule has 2 N–H and O–H groups in total. The van der Waals surface area contributed by atoms with Crippen LogP contribution in [0.4, 0.5) is 0 Å². The predicted octanol–water partition coefficient (Wildman–Crippen LogP) is 1.67. The van der Waals surface area contributed by atoms with Gasteiger partial charge in [-0.15, -0.1) is 5.10 Å². The number of thioether (sulfide) groups is 1. The van der Waals surface area contributed by atoms with E-state index in [-0.39, 0.29) is 17.6 Å². The zero-order valence-electron chi connectivity index (χ0n) is 13.7. The molecule has 2 rings (SSSR count). The summed E-state index contributed by atoms with van der Waals surface area (Å²) in [7, 11) is 0. The quantitative estimate of drug-likeness (QED) is 0.314. The van der Waals surface area contributed by atoms with Crippen LogP contribution < -0.4 is 10.1 Å². The second-order valence-corrected chi connectivity index (χ2v) is 5.93. The fraction of sp³-hybridized carbons (Fsp3) is 0.375. The molecule has 1 aromatic carbocycles. The van der Waals surface area contributed by atoms with Crippen LogP contribution in [0.15, 0.2) is 28.4 Å². The average Bonchev–Trinajstić information content (AvgIpc) is 2.99. The molecule has 134 valence electrons. The third-order valence-electron chi connectivity index (χ3n) is 3.03. The van der Waals surface area contributed by atoms with E-state index < -0.39 is 0 Å². The van der Waals surface area contributed by atoms with E-state index in [9.17, 15) is 14.7 Å². The SMILES string of the molecule is CCOC(=O)CCCOc1ccc(C=NN=C2NC(=O)CS2)c(O)c1. The number of amides is 1. The van der Waals surface area contributed by atoms with Crippen molar-refractivity contribution in [2.75, 3.05) is 19.0 Å². The molecule has 25 heavy (non-hydrogen) atoms. The summed E-state index contributed by atoms with van der Waals surface area (Å²) < 4.78 is 10.3. The van der Waals surface area contributed by atoms with E-state index in [4.69, 9.17) is 9.47 Å². The van der Waals surface area contributed by atoms with Gasteiger partial charge in [-0.2, -0.15) is 5.10 Å². The number of phenols is 1. The predicted molar refractivity (Wildman–Crippen MR) is 95.1 cm³/mol. The highest BCUT2D eigenvalue weighted by atomic mass is 32.2. The Kier molecular flexibility index (Phi) is 7.27. The molecule has 1 heterocycles. The minimum Gasteiger partial charge on any atom is -0.507 e. The molecule has 1 amide bonds. The Hall–Kier alpha value is -2.55. The largest absolute Gasteiger partial charge is 0.507 e. The van der Waals surface area contributed by atoms with Gasteiger partial charge < -0.3 is 19.9 Å². The van der Waals surface area contributed by atoms with Crippen molar-refractivity contribution >= 4 is 35.0 Å². The molecule has 1 aliphatic heterocycles. The molecule has 1 saturated heterocycles. The minimum atomic E-state index is -0.251. The van der Waals surface area contributed by atoms with Gasteiger partial charge in [-0.1, -0.05) is 11.8 Å². The monoisotopic (exact) mass is 365 g/mol.